The second-order valence-electron chi connectivity index (χ2n) is 5.95. The molecule has 2 atom stereocenters. The normalized spacial score (nSPS) is 22.3. The number of hydrogen-bond donors (Lipinski definition) is 0. The highest BCUT2D eigenvalue weighted by atomic mass is 32.1. The molecule has 1 aliphatic rings. The number of thiophene rings is 1. The van der Waals surface area contributed by atoms with E-state index in [2.05, 4.69) is 18.2 Å². The van der Waals surface area contributed by atoms with Gasteiger partial charge in [0.15, 0.2) is 5.60 Å². The van der Waals surface area contributed by atoms with Gasteiger partial charge in [0.05, 0.1) is 6.61 Å². The fraction of sp³-hybridized carbons (Fsp3) is 0.250. The monoisotopic (exact) mass is 338 g/mol. The van der Waals surface area contributed by atoms with Crippen molar-refractivity contribution >= 4 is 28.1 Å². The van der Waals surface area contributed by atoms with E-state index in [1.165, 1.54) is 0 Å². The first-order valence-corrected chi connectivity index (χ1v) is 9.00. The molecule has 1 fully saturated rings. The van der Waals surface area contributed by atoms with E-state index in [4.69, 9.17) is 9.47 Å². The van der Waals surface area contributed by atoms with Gasteiger partial charge in [-0.15, -0.1) is 11.3 Å². The number of hydrogen-bond acceptors (Lipinski definition) is 4. The molecule has 4 rings (SSSR count). The molecule has 0 saturated heterocycles. The average molecular weight is 338 g/mol. The topological polar surface area (TPSA) is 35.5 Å². The Kier molecular flexibility index (Phi) is 3.77. The summed E-state index contributed by atoms with van der Waals surface area (Å²) in [5, 5.41) is 4.21. The second-order valence-corrected chi connectivity index (χ2v) is 6.90. The van der Waals surface area contributed by atoms with Gasteiger partial charge in [-0.25, -0.2) is 0 Å². The molecule has 4 heteroatoms. The molecule has 3 nitrogen and oxygen atoms in total. The van der Waals surface area contributed by atoms with Crippen LogP contribution in [0.4, 0.5) is 0 Å². The van der Waals surface area contributed by atoms with Gasteiger partial charge >= 0.3 is 5.97 Å². The molecular weight excluding hydrogens is 320 g/mol. The molecule has 0 bridgehead atoms. The number of carbonyl (C=O) groups excluding carboxylic acids is 1. The van der Waals surface area contributed by atoms with Gasteiger partial charge in [-0.05, 0) is 29.8 Å². The third-order valence-corrected chi connectivity index (χ3v) is 5.49. The Balaban J connectivity index is 1.72. The van der Waals surface area contributed by atoms with Crippen LogP contribution in [0.25, 0.3) is 10.8 Å². The molecule has 0 radical (unpaired) electrons. The highest BCUT2D eigenvalue weighted by molar-refractivity contribution is 7.10. The van der Waals surface area contributed by atoms with Crippen LogP contribution in [0, 0.1) is 5.92 Å². The molecule has 0 amide bonds. The van der Waals surface area contributed by atoms with E-state index in [9.17, 15) is 4.79 Å². The van der Waals surface area contributed by atoms with E-state index < -0.39 is 5.60 Å². The van der Waals surface area contributed by atoms with E-state index in [1.807, 2.05) is 48.7 Å². The van der Waals surface area contributed by atoms with E-state index in [0.717, 1.165) is 21.4 Å². The molecule has 1 saturated carbocycles. The van der Waals surface area contributed by atoms with Crippen molar-refractivity contribution in [2.75, 3.05) is 6.61 Å². The Morgan fingerprint density at radius 3 is 2.79 bits per heavy atom. The first-order chi connectivity index (χ1) is 11.7. The van der Waals surface area contributed by atoms with Crippen LogP contribution in [0.3, 0.4) is 0 Å². The molecule has 3 aromatic rings. The number of carbonyl (C=O) groups is 1. The van der Waals surface area contributed by atoms with E-state index >= 15 is 0 Å². The Hall–Kier alpha value is -2.33. The number of rotatable bonds is 5. The van der Waals surface area contributed by atoms with Crippen molar-refractivity contribution in [3.8, 4) is 5.75 Å². The molecule has 122 valence electrons. The molecule has 2 unspecified atom stereocenters. The van der Waals surface area contributed by atoms with Gasteiger partial charge in [0.2, 0.25) is 0 Å². The summed E-state index contributed by atoms with van der Waals surface area (Å²) in [6.45, 7) is 2.22. The first-order valence-electron chi connectivity index (χ1n) is 8.12. The van der Waals surface area contributed by atoms with Crippen LogP contribution in [0.1, 0.15) is 18.2 Å². The lowest BCUT2D eigenvalue weighted by molar-refractivity contribution is -0.146. The summed E-state index contributed by atoms with van der Waals surface area (Å²) in [5.41, 5.74) is -0.593. The fourth-order valence-electron chi connectivity index (χ4n) is 3.20. The molecule has 1 aromatic heterocycles. The third-order valence-electron chi connectivity index (χ3n) is 4.46. The Labute approximate surface area is 144 Å². The Bertz CT molecular complexity index is 866. The van der Waals surface area contributed by atoms with Gasteiger partial charge in [-0.1, -0.05) is 42.5 Å². The van der Waals surface area contributed by atoms with Gasteiger partial charge in [-0.3, -0.25) is 4.79 Å². The third kappa shape index (κ3) is 2.47. The lowest BCUT2D eigenvalue weighted by Crippen LogP contribution is -2.22. The van der Waals surface area contributed by atoms with Crippen LogP contribution in [0.15, 0.2) is 60.0 Å². The summed E-state index contributed by atoms with van der Waals surface area (Å²) in [6.07, 6.45) is 0.662. The molecule has 0 N–H and O–H groups in total. The standard InChI is InChI=1S/C20H18O3S/c1-2-22-19(21)16-13-20(16,18-11-6-12-24-18)23-17-10-5-8-14-7-3-4-9-15(14)17/h3-12,16H,2,13H2,1H3. The highest BCUT2D eigenvalue weighted by Gasteiger charge is 2.64. The van der Waals surface area contributed by atoms with Gasteiger partial charge in [0.1, 0.15) is 11.7 Å². The molecule has 0 aliphatic heterocycles. The Morgan fingerprint density at radius 2 is 2.00 bits per heavy atom. The number of benzene rings is 2. The number of fused-ring (bicyclic) bond motifs is 1. The summed E-state index contributed by atoms with van der Waals surface area (Å²) >= 11 is 1.62. The minimum atomic E-state index is -0.593. The summed E-state index contributed by atoms with van der Waals surface area (Å²) in [4.78, 5) is 13.3. The maximum atomic E-state index is 12.3. The SMILES string of the molecule is CCOC(=O)C1CC1(Oc1cccc2ccccc12)c1cccs1. The fourth-order valence-corrected chi connectivity index (χ4v) is 4.12. The van der Waals surface area contributed by atoms with Crippen molar-refractivity contribution in [2.45, 2.75) is 18.9 Å². The molecule has 2 aromatic carbocycles. The van der Waals surface area contributed by atoms with Crippen LogP contribution in [-0.4, -0.2) is 12.6 Å². The average Bonchev–Trinajstić information content (AvgIpc) is 3.06. The van der Waals surface area contributed by atoms with Gasteiger partial charge in [-0.2, -0.15) is 0 Å². The summed E-state index contributed by atoms with van der Waals surface area (Å²) in [7, 11) is 0. The van der Waals surface area contributed by atoms with Crippen molar-refractivity contribution in [3.63, 3.8) is 0 Å². The zero-order chi connectivity index (χ0) is 16.6. The van der Waals surface area contributed by atoms with E-state index in [1.54, 1.807) is 11.3 Å². The summed E-state index contributed by atoms with van der Waals surface area (Å²) in [6, 6.07) is 18.2. The molecule has 0 spiro atoms. The number of ether oxygens (including phenoxy) is 2. The van der Waals surface area contributed by atoms with Crippen molar-refractivity contribution in [2.24, 2.45) is 5.92 Å². The van der Waals surface area contributed by atoms with Crippen LogP contribution in [0.2, 0.25) is 0 Å². The van der Waals surface area contributed by atoms with Crippen LogP contribution < -0.4 is 4.74 Å². The lowest BCUT2D eigenvalue weighted by atomic mass is 10.1. The summed E-state index contributed by atoms with van der Waals surface area (Å²) in [5.74, 6) is 0.398. The van der Waals surface area contributed by atoms with Crippen LogP contribution >= 0.6 is 11.3 Å². The smallest absolute Gasteiger partial charge is 0.313 e. The zero-order valence-corrected chi connectivity index (χ0v) is 14.2. The molecule has 1 aliphatic carbocycles. The van der Waals surface area contributed by atoms with Gasteiger partial charge in [0, 0.05) is 16.7 Å². The predicted octanol–water partition coefficient (Wildman–Crippen LogP) is 4.76. The van der Waals surface area contributed by atoms with E-state index in [-0.39, 0.29) is 11.9 Å². The zero-order valence-electron chi connectivity index (χ0n) is 13.4. The Morgan fingerprint density at radius 1 is 1.17 bits per heavy atom. The molecule has 1 heterocycles. The van der Waals surface area contributed by atoms with Crippen molar-refractivity contribution < 1.29 is 14.3 Å². The predicted molar refractivity (Wildman–Crippen MR) is 95.3 cm³/mol. The second kappa shape index (κ2) is 5.95. The van der Waals surface area contributed by atoms with Gasteiger partial charge < -0.3 is 9.47 Å². The largest absolute Gasteiger partial charge is 0.480 e. The van der Waals surface area contributed by atoms with Crippen LogP contribution in [-0.2, 0) is 15.1 Å². The van der Waals surface area contributed by atoms with Crippen molar-refractivity contribution in [1.29, 1.82) is 0 Å². The lowest BCUT2D eigenvalue weighted by Gasteiger charge is -2.20. The first kappa shape index (κ1) is 15.2. The van der Waals surface area contributed by atoms with E-state index in [0.29, 0.717) is 13.0 Å². The van der Waals surface area contributed by atoms with Crippen molar-refractivity contribution in [3.05, 3.63) is 64.9 Å². The molecular formula is C20H18O3S. The number of esters is 1. The van der Waals surface area contributed by atoms with Gasteiger partial charge in [0.25, 0.3) is 0 Å². The van der Waals surface area contributed by atoms with Crippen molar-refractivity contribution in [1.82, 2.24) is 0 Å². The minimum absolute atomic E-state index is 0.175. The highest BCUT2D eigenvalue weighted by Crippen LogP contribution is 2.57. The molecule has 24 heavy (non-hydrogen) atoms. The minimum Gasteiger partial charge on any atom is -0.480 e. The quantitative estimate of drug-likeness (QED) is 0.629. The van der Waals surface area contributed by atoms with Crippen LogP contribution in [0.5, 0.6) is 5.75 Å². The maximum Gasteiger partial charge on any atom is 0.313 e. The summed E-state index contributed by atoms with van der Waals surface area (Å²) < 4.78 is 11.7. The maximum absolute atomic E-state index is 12.3.